The molecule has 0 unspecified atom stereocenters. The summed E-state index contributed by atoms with van der Waals surface area (Å²) < 4.78 is 0. The molecule has 1 N–H and O–H groups in total. The van der Waals surface area contributed by atoms with E-state index in [1.54, 1.807) is 0 Å². The average Bonchev–Trinajstić information content (AvgIpc) is 2.47. The van der Waals surface area contributed by atoms with Crippen LogP contribution >= 0.6 is 0 Å². The number of ketones is 1. The number of benzene rings is 1. The van der Waals surface area contributed by atoms with Gasteiger partial charge in [0.05, 0.1) is 16.8 Å². The number of hydrogen-bond donors (Lipinski definition) is 1. The number of hydrogen-bond acceptors (Lipinski definition) is 4. The smallest absolute Gasteiger partial charge is 0.155 e. The van der Waals surface area contributed by atoms with Crippen LogP contribution in [0.4, 0.5) is 0 Å². The fourth-order valence-corrected chi connectivity index (χ4v) is 2.40. The minimum atomic E-state index is -0.125. The van der Waals surface area contributed by atoms with E-state index in [0.29, 0.717) is 0 Å². The van der Waals surface area contributed by atoms with Gasteiger partial charge in [0, 0.05) is 46.3 Å². The summed E-state index contributed by atoms with van der Waals surface area (Å²) in [6.45, 7) is 7.05. The summed E-state index contributed by atoms with van der Waals surface area (Å²) >= 11 is 0. The van der Waals surface area contributed by atoms with E-state index in [9.17, 15) is 4.79 Å². The number of nitrogens with zero attached hydrogens (tertiary/aromatic N) is 2. The third-order valence-corrected chi connectivity index (χ3v) is 3.47. The second-order valence-electron chi connectivity index (χ2n) is 5.51. The van der Waals surface area contributed by atoms with Crippen LogP contribution in [0.15, 0.2) is 48.5 Å². The van der Waals surface area contributed by atoms with Crippen LogP contribution in [0.2, 0.25) is 0 Å². The molecule has 3 rings (SSSR count). The molecule has 2 heterocycles. The van der Waals surface area contributed by atoms with Crippen molar-refractivity contribution in [3.63, 3.8) is 0 Å². The molecule has 0 bridgehead atoms. The summed E-state index contributed by atoms with van der Waals surface area (Å²) in [5.74, 6) is -0.0625. The maximum atomic E-state index is 10.0. The van der Waals surface area contributed by atoms with Gasteiger partial charge in [-0.15, -0.1) is 0 Å². The molecular weight excluding hydrogens is 352 g/mol. The van der Waals surface area contributed by atoms with Gasteiger partial charge in [0.2, 0.25) is 0 Å². The summed E-state index contributed by atoms with van der Waals surface area (Å²) in [7, 11) is 0. The molecule has 0 aliphatic rings. The van der Waals surface area contributed by atoms with Gasteiger partial charge in [0.25, 0.3) is 0 Å². The molecule has 0 atom stereocenters. The van der Waals surface area contributed by atoms with Gasteiger partial charge < -0.3 is 5.11 Å². The predicted molar refractivity (Wildman–Crippen MR) is 93.6 cm³/mol. The molecule has 0 amide bonds. The van der Waals surface area contributed by atoms with E-state index in [1.807, 2.05) is 24.5 Å². The number of rotatable bonds is 1. The average molecular weight is 372 g/mol. The Labute approximate surface area is 152 Å². The third kappa shape index (κ3) is 4.63. The maximum Gasteiger partial charge on any atom is 0.155 e. The molecule has 2 aromatic heterocycles. The van der Waals surface area contributed by atoms with Crippen LogP contribution in [0.1, 0.15) is 25.0 Å². The molecule has 1 radical (unpaired) electrons. The number of allylic oxidation sites excluding steroid dienone is 2. The van der Waals surface area contributed by atoms with E-state index in [1.165, 1.54) is 41.8 Å². The number of aryl methyl sites for hydroxylation is 2. The van der Waals surface area contributed by atoms with E-state index in [0.717, 1.165) is 11.0 Å². The molecule has 5 heteroatoms. The SMILES string of the molecule is CC(=O)/C=C(/C)O.Cc1ccnc2c1ccc1c(C)ccnc12.[Cu]. The van der Waals surface area contributed by atoms with Gasteiger partial charge in [0.15, 0.2) is 5.78 Å². The van der Waals surface area contributed by atoms with Crippen LogP contribution in [0.5, 0.6) is 0 Å². The summed E-state index contributed by atoms with van der Waals surface area (Å²) in [6.07, 6.45) is 4.86. The van der Waals surface area contributed by atoms with Crippen molar-refractivity contribution >= 4 is 27.6 Å². The van der Waals surface area contributed by atoms with Crippen LogP contribution in [-0.4, -0.2) is 20.9 Å². The summed E-state index contributed by atoms with van der Waals surface area (Å²) in [4.78, 5) is 18.9. The zero-order valence-corrected chi connectivity index (χ0v) is 15.0. The Balaban J connectivity index is 0.000000312. The van der Waals surface area contributed by atoms with Crippen LogP contribution in [0, 0.1) is 13.8 Å². The van der Waals surface area contributed by atoms with Crippen LogP contribution in [0.25, 0.3) is 21.8 Å². The number of aliphatic hydroxyl groups is 1. The first-order valence-electron chi connectivity index (χ1n) is 7.37. The van der Waals surface area contributed by atoms with Crippen molar-refractivity contribution in [1.29, 1.82) is 0 Å². The van der Waals surface area contributed by atoms with Gasteiger partial charge in [0.1, 0.15) is 0 Å². The Morgan fingerprint density at radius 3 is 1.62 bits per heavy atom. The van der Waals surface area contributed by atoms with E-state index >= 15 is 0 Å². The second-order valence-corrected chi connectivity index (χ2v) is 5.51. The van der Waals surface area contributed by atoms with Crippen molar-refractivity contribution in [2.45, 2.75) is 27.7 Å². The van der Waals surface area contributed by atoms with Gasteiger partial charge >= 0.3 is 0 Å². The molecule has 0 spiro atoms. The quantitative estimate of drug-likeness (QED) is 0.297. The van der Waals surface area contributed by atoms with Gasteiger partial charge in [-0.3, -0.25) is 14.8 Å². The summed E-state index contributed by atoms with van der Waals surface area (Å²) in [5, 5.41) is 10.7. The molecule has 0 aliphatic heterocycles. The minimum Gasteiger partial charge on any atom is -0.512 e. The maximum absolute atomic E-state index is 10.0. The topological polar surface area (TPSA) is 63.1 Å². The number of aliphatic hydroxyl groups excluding tert-OH is 1. The van der Waals surface area contributed by atoms with E-state index < -0.39 is 0 Å². The van der Waals surface area contributed by atoms with Gasteiger partial charge in [-0.1, -0.05) is 12.1 Å². The number of carbonyl (C=O) groups is 1. The van der Waals surface area contributed by atoms with E-state index in [4.69, 9.17) is 5.11 Å². The minimum absolute atomic E-state index is 0. The summed E-state index contributed by atoms with van der Waals surface area (Å²) in [5.41, 5.74) is 4.49. The number of pyridine rings is 2. The van der Waals surface area contributed by atoms with Crippen molar-refractivity contribution in [3.8, 4) is 0 Å². The molecule has 0 saturated carbocycles. The van der Waals surface area contributed by atoms with Crippen LogP contribution in [0.3, 0.4) is 0 Å². The first-order chi connectivity index (χ1) is 10.9. The van der Waals surface area contributed by atoms with Gasteiger partial charge in [-0.05, 0) is 51.0 Å². The molecule has 3 aromatic rings. The zero-order valence-electron chi connectivity index (χ0n) is 14.1. The zero-order chi connectivity index (χ0) is 17.0. The van der Waals surface area contributed by atoms with Crippen molar-refractivity contribution in [1.82, 2.24) is 9.97 Å². The van der Waals surface area contributed by atoms with Crippen LogP contribution < -0.4 is 0 Å². The Hall–Kier alpha value is -2.23. The van der Waals surface area contributed by atoms with Crippen molar-refractivity contribution in [2.24, 2.45) is 0 Å². The first-order valence-corrected chi connectivity index (χ1v) is 7.37. The van der Waals surface area contributed by atoms with E-state index in [-0.39, 0.29) is 28.6 Å². The normalized spacial score (nSPS) is 10.8. The molecule has 24 heavy (non-hydrogen) atoms. The Kier molecular flexibility index (Phi) is 7.08. The van der Waals surface area contributed by atoms with Crippen molar-refractivity contribution < 1.29 is 27.0 Å². The molecule has 0 fully saturated rings. The largest absolute Gasteiger partial charge is 0.512 e. The van der Waals surface area contributed by atoms with Crippen molar-refractivity contribution in [3.05, 3.63) is 59.6 Å². The fourth-order valence-electron chi connectivity index (χ4n) is 2.40. The van der Waals surface area contributed by atoms with Crippen molar-refractivity contribution in [2.75, 3.05) is 0 Å². The molecule has 0 saturated heterocycles. The van der Waals surface area contributed by atoms with E-state index in [2.05, 4.69) is 35.9 Å². The Bertz CT molecular complexity index is 840. The molecule has 0 aliphatic carbocycles. The number of aromatic nitrogens is 2. The van der Waals surface area contributed by atoms with Gasteiger partial charge in [-0.25, -0.2) is 0 Å². The second kappa shape index (κ2) is 8.57. The van der Waals surface area contributed by atoms with Gasteiger partial charge in [-0.2, -0.15) is 0 Å². The standard InChI is InChI=1S/C14H12N2.C5H8O2.Cu/c1-9-5-7-15-13-11(9)3-4-12-10(2)6-8-16-14(12)13;1-4(6)3-5(2)7;/h3-8H,1-2H3;3,6H,1-2H3;/b;4-3-;. The predicted octanol–water partition coefficient (Wildman–Crippen LogP) is 4.43. The summed E-state index contributed by atoms with van der Waals surface area (Å²) in [6, 6.07) is 8.33. The Morgan fingerprint density at radius 2 is 1.33 bits per heavy atom. The molecule has 129 valence electrons. The third-order valence-electron chi connectivity index (χ3n) is 3.47. The van der Waals surface area contributed by atoms with Crippen LogP contribution in [-0.2, 0) is 21.9 Å². The monoisotopic (exact) mass is 371 g/mol. The Morgan fingerprint density at radius 1 is 0.917 bits per heavy atom. The fraction of sp³-hybridized carbons (Fsp3) is 0.211. The first kappa shape index (κ1) is 19.8. The molecular formula is C19H20CuN2O2. The molecule has 1 aromatic carbocycles. The number of carbonyl (C=O) groups excluding carboxylic acids is 1. The number of fused-ring (bicyclic) bond motifs is 3. The molecule has 4 nitrogen and oxygen atoms in total.